The molecule has 0 saturated carbocycles. The molecular weight excluding hydrogens is 380 g/mol. The molecule has 156 valence electrons. The molecule has 0 amide bonds. The molecule has 0 atom stereocenters. The highest BCUT2D eigenvalue weighted by atomic mass is 16.5. The first-order valence-electron chi connectivity index (χ1n) is 10.8. The fourth-order valence-electron chi connectivity index (χ4n) is 3.74. The first-order chi connectivity index (χ1) is 15.3. The molecule has 3 aromatic carbocycles. The SMILES string of the molecule is CCOCCc1ccc(-c2cc(-c3ccccc3)nc(-c3ccccc3)c2)c(NC)c1. The monoisotopic (exact) mass is 408 g/mol. The normalized spacial score (nSPS) is 10.8. The number of anilines is 1. The number of nitrogens with zero attached hydrogens (tertiary/aromatic N) is 1. The lowest BCUT2D eigenvalue weighted by atomic mass is 9.97. The van der Waals surface area contributed by atoms with Gasteiger partial charge in [0.15, 0.2) is 0 Å². The van der Waals surface area contributed by atoms with Crippen molar-refractivity contribution in [3.8, 4) is 33.6 Å². The lowest BCUT2D eigenvalue weighted by molar-refractivity contribution is 0.151. The van der Waals surface area contributed by atoms with Gasteiger partial charge in [-0.25, -0.2) is 4.98 Å². The van der Waals surface area contributed by atoms with E-state index in [1.807, 2.05) is 26.1 Å². The highest BCUT2D eigenvalue weighted by Crippen LogP contribution is 2.34. The second-order valence-corrected chi connectivity index (χ2v) is 7.44. The molecule has 3 heteroatoms. The van der Waals surface area contributed by atoms with Gasteiger partial charge in [0.1, 0.15) is 0 Å². The molecular formula is C28H28N2O. The molecule has 1 heterocycles. The second-order valence-electron chi connectivity index (χ2n) is 7.44. The Labute approximate surface area is 184 Å². The lowest BCUT2D eigenvalue weighted by Gasteiger charge is -2.15. The van der Waals surface area contributed by atoms with Crippen molar-refractivity contribution >= 4 is 5.69 Å². The molecule has 0 saturated heterocycles. The minimum atomic E-state index is 0.741. The number of nitrogens with one attached hydrogen (secondary N) is 1. The fraction of sp³-hybridized carbons (Fsp3) is 0.179. The van der Waals surface area contributed by atoms with Gasteiger partial charge in [0.2, 0.25) is 0 Å². The maximum absolute atomic E-state index is 5.53. The number of hydrogen-bond donors (Lipinski definition) is 1. The Kier molecular flexibility index (Phi) is 6.75. The van der Waals surface area contributed by atoms with E-state index in [1.54, 1.807) is 0 Å². The van der Waals surface area contributed by atoms with Gasteiger partial charge in [-0.05, 0) is 42.7 Å². The van der Waals surface area contributed by atoms with Gasteiger partial charge < -0.3 is 10.1 Å². The van der Waals surface area contributed by atoms with E-state index in [2.05, 4.69) is 84.2 Å². The molecule has 0 spiro atoms. The minimum absolute atomic E-state index is 0.741. The average Bonchev–Trinajstić information content (AvgIpc) is 2.85. The van der Waals surface area contributed by atoms with E-state index >= 15 is 0 Å². The molecule has 3 nitrogen and oxygen atoms in total. The van der Waals surface area contributed by atoms with Crippen molar-refractivity contribution in [2.24, 2.45) is 0 Å². The smallest absolute Gasteiger partial charge is 0.0715 e. The summed E-state index contributed by atoms with van der Waals surface area (Å²) in [5.41, 5.74) is 8.86. The van der Waals surface area contributed by atoms with Gasteiger partial charge >= 0.3 is 0 Å². The van der Waals surface area contributed by atoms with Crippen LogP contribution in [0.1, 0.15) is 12.5 Å². The van der Waals surface area contributed by atoms with E-state index < -0.39 is 0 Å². The average molecular weight is 409 g/mol. The predicted octanol–water partition coefficient (Wildman–Crippen LogP) is 6.70. The molecule has 1 N–H and O–H groups in total. The van der Waals surface area contributed by atoms with Crippen LogP contribution in [0.15, 0.2) is 91.0 Å². The number of pyridine rings is 1. The van der Waals surface area contributed by atoms with Crippen molar-refractivity contribution in [1.82, 2.24) is 4.98 Å². The summed E-state index contributed by atoms with van der Waals surface area (Å²) in [7, 11) is 1.97. The topological polar surface area (TPSA) is 34.1 Å². The van der Waals surface area contributed by atoms with Crippen molar-refractivity contribution in [1.29, 1.82) is 0 Å². The Balaban J connectivity index is 1.80. The molecule has 4 rings (SSSR count). The van der Waals surface area contributed by atoms with E-state index in [-0.39, 0.29) is 0 Å². The van der Waals surface area contributed by atoms with Gasteiger partial charge in [-0.3, -0.25) is 0 Å². The Morgan fingerprint density at radius 3 is 1.90 bits per heavy atom. The minimum Gasteiger partial charge on any atom is -0.388 e. The zero-order chi connectivity index (χ0) is 21.5. The molecule has 0 aliphatic carbocycles. The number of hydrogen-bond acceptors (Lipinski definition) is 3. The summed E-state index contributed by atoms with van der Waals surface area (Å²) in [5.74, 6) is 0. The van der Waals surface area contributed by atoms with Crippen molar-refractivity contribution in [3.63, 3.8) is 0 Å². The largest absolute Gasteiger partial charge is 0.388 e. The third-order valence-corrected chi connectivity index (χ3v) is 5.37. The molecule has 0 aliphatic heterocycles. The zero-order valence-corrected chi connectivity index (χ0v) is 18.1. The van der Waals surface area contributed by atoms with Crippen LogP contribution in [0.25, 0.3) is 33.6 Å². The van der Waals surface area contributed by atoms with Crippen LogP contribution in [-0.2, 0) is 11.2 Å². The van der Waals surface area contributed by atoms with Crippen LogP contribution in [-0.4, -0.2) is 25.2 Å². The number of ether oxygens (including phenoxy) is 1. The Bertz CT molecular complexity index is 1070. The quantitative estimate of drug-likeness (QED) is 0.329. The molecule has 0 bridgehead atoms. The van der Waals surface area contributed by atoms with Crippen LogP contribution in [0.5, 0.6) is 0 Å². The summed E-state index contributed by atoms with van der Waals surface area (Å²) >= 11 is 0. The third kappa shape index (κ3) is 5.01. The molecule has 0 radical (unpaired) electrons. The highest BCUT2D eigenvalue weighted by Gasteiger charge is 2.12. The number of rotatable bonds is 8. The molecule has 4 aromatic rings. The summed E-state index contributed by atoms with van der Waals surface area (Å²) < 4.78 is 5.53. The molecule has 0 aliphatic rings. The van der Waals surface area contributed by atoms with Crippen molar-refractivity contribution in [2.45, 2.75) is 13.3 Å². The van der Waals surface area contributed by atoms with Gasteiger partial charge in [0.25, 0.3) is 0 Å². The molecule has 0 unspecified atom stereocenters. The van der Waals surface area contributed by atoms with Crippen molar-refractivity contribution < 1.29 is 4.74 Å². The van der Waals surface area contributed by atoms with Gasteiger partial charge in [-0.1, -0.05) is 72.8 Å². The summed E-state index contributed by atoms with van der Waals surface area (Å²) in [6.45, 7) is 3.52. The lowest BCUT2D eigenvalue weighted by Crippen LogP contribution is -2.00. The fourth-order valence-corrected chi connectivity index (χ4v) is 3.74. The summed E-state index contributed by atoms with van der Waals surface area (Å²) in [5, 5.41) is 3.38. The van der Waals surface area contributed by atoms with Crippen LogP contribution in [0.4, 0.5) is 5.69 Å². The molecule has 31 heavy (non-hydrogen) atoms. The summed E-state index contributed by atoms with van der Waals surface area (Å²) in [6, 6.07) is 31.7. The maximum Gasteiger partial charge on any atom is 0.0715 e. The third-order valence-electron chi connectivity index (χ3n) is 5.37. The summed E-state index contributed by atoms with van der Waals surface area (Å²) in [4.78, 5) is 4.99. The van der Waals surface area contributed by atoms with Gasteiger partial charge in [0, 0.05) is 36.0 Å². The standard InChI is InChI=1S/C28H28N2O/c1-3-31-17-16-21-14-15-25(28(18-21)29-2)24-19-26(22-10-6-4-7-11-22)30-27(20-24)23-12-8-5-9-13-23/h4-15,18-20,29H,3,16-17H2,1-2H3. The van der Waals surface area contributed by atoms with Crippen LogP contribution in [0.2, 0.25) is 0 Å². The Morgan fingerprint density at radius 2 is 1.35 bits per heavy atom. The van der Waals surface area contributed by atoms with Crippen molar-refractivity contribution in [2.75, 3.05) is 25.6 Å². The second kappa shape index (κ2) is 10.1. The van der Waals surface area contributed by atoms with Crippen LogP contribution in [0, 0.1) is 0 Å². The number of aromatic nitrogens is 1. The van der Waals surface area contributed by atoms with Gasteiger partial charge in [-0.15, -0.1) is 0 Å². The Hall–Kier alpha value is -3.43. The number of benzene rings is 3. The predicted molar refractivity (Wildman–Crippen MR) is 130 cm³/mol. The van der Waals surface area contributed by atoms with Crippen molar-refractivity contribution in [3.05, 3.63) is 96.6 Å². The maximum atomic E-state index is 5.53. The molecule has 0 fully saturated rings. The Morgan fingerprint density at radius 1 is 0.742 bits per heavy atom. The zero-order valence-electron chi connectivity index (χ0n) is 18.1. The van der Waals surface area contributed by atoms with Gasteiger partial charge in [0.05, 0.1) is 18.0 Å². The van der Waals surface area contributed by atoms with E-state index in [9.17, 15) is 0 Å². The van der Waals surface area contributed by atoms with Crippen LogP contribution < -0.4 is 5.32 Å². The first kappa shape index (κ1) is 20.8. The first-order valence-corrected chi connectivity index (χ1v) is 10.8. The van der Waals surface area contributed by atoms with Crippen LogP contribution >= 0.6 is 0 Å². The van der Waals surface area contributed by atoms with E-state index in [0.717, 1.165) is 53.4 Å². The summed E-state index contributed by atoms with van der Waals surface area (Å²) in [6.07, 6.45) is 0.906. The van der Waals surface area contributed by atoms with E-state index in [1.165, 1.54) is 11.1 Å². The highest BCUT2D eigenvalue weighted by molar-refractivity contribution is 5.83. The van der Waals surface area contributed by atoms with E-state index in [0.29, 0.717) is 0 Å². The van der Waals surface area contributed by atoms with E-state index in [4.69, 9.17) is 9.72 Å². The van der Waals surface area contributed by atoms with Crippen LogP contribution in [0.3, 0.4) is 0 Å². The molecule has 1 aromatic heterocycles. The van der Waals surface area contributed by atoms with Gasteiger partial charge in [-0.2, -0.15) is 0 Å².